The van der Waals surface area contributed by atoms with E-state index in [1.54, 1.807) is 0 Å². The van der Waals surface area contributed by atoms with E-state index < -0.39 is 0 Å². The molecule has 3 nitrogen and oxygen atoms in total. The minimum Gasteiger partial charge on any atom is -0.396 e. The molecule has 1 saturated heterocycles. The van der Waals surface area contributed by atoms with E-state index in [0.29, 0.717) is 16.8 Å². The molecule has 4 heteroatoms. The van der Waals surface area contributed by atoms with Crippen molar-refractivity contribution in [2.24, 2.45) is 0 Å². The molecule has 1 fully saturated rings. The quantitative estimate of drug-likeness (QED) is 0.811. The van der Waals surface area contributed by atoms with Crippen molar-refractivity contribution < 1.29 is 0 Å². The maximum Gasteiger partial charge on any atom is 0.0739 e. The number of nitrogens with one attached hydrogen (secondary N) is 1. The van der Waals surface area contributed by atoms with Gasteiger partial charge in [-0.1, -0.05) is 24.6 Å². The number of rotatable bonds is 4. The average molecular weight is 254 g/mol. The van der Waals surface area contributed by atoms with E-state index in [4.69, 9.17) is 17.3 Å². The second-order valence-electron chi connectivity index (χ2n) is 4.51. The zero-order valence-corrected chi connectivity index (χ0v) is 11.0. The number of para-hydroxylation sites is 1. The Labute approximate surface area is 108 Å². The Hall–Kier alpha value is -0.930. The van der Waals surface area contributed by atoms with Gasteiger partial charge in [-0.3, -0.25) is 4.90 Å². The van der Waals surface area contributed by atoms with Crippen molar-refractivity contribution in [3.8, 4) is 0 Å². The summed E-state index contributed by atoms with van der Waals surface area (Å²) in [5.74, 6) is 0. The second-order valence-corrected chi connectivity index (χ2v) is 4.91. The number of likely N-dealkylation sites (N-methyl/N-ethyl adjacent to an activating group) is 1. The first-order valence-corrected chi connectivity index (χ1v) is 6.62. The van der Waals surface area contributed by atoms with Crippen LogP contribution in [0.25, 0.3) is 0 Å². The van der Waals surface area contributed by atoms with Gasteiger partial charge in [0.2, 0.25) is 0 Å². The second kappa shape index (κ2) is 5.61. The molecule has 0 aliphatic carbocycles. The van der Waals surface area contributed by atoms with E-state index in [2.05, 4.69) is 17.1 Å². The van der Waals surface area contributed by atoms with Gasteiger partial charge in [0.1, 0.15) is 0 Å². The lowest BCUT2D eigenvalue weighted by atomic mass is 10.2. The minimum absolute atomic E-state index is 0.619. The van der Waals surface area contributed by atoms with Crippen molar-refractivity contribution in [1.82, 2.24) is 4.90 Å². The number of benzene rings is 1. The summed E-state index contributed by atoms with van der Waals surface area (Å²) in [6.07, 6.45) is 2.56. The molecular formula is C13H20ClN3. The lowest BCUT2D eigenvalue weighted by Crippen LogP contribution is -2.34. The number of hydrogen-bond donors (Lipinski definition) is 2. The number of nitrogen functional groups attached to an aromatic ring is 1. The monoisotopic (exact) mass is 253 g/mol. The number of nitrogens with zero attached hydrogens (tertiary/aromatic N) is 1. The first-order chi connectivity index (χ1) is 8.22. The van der Waals surface area contributed by atoms with E-state index in [0.717, 1.165) is 18.8 Å². The predicted molar refractivity (Wildman–Crippen MR) is 74.6 cm³/mol. The van der Waals surface area contributed by atoms with Crippen LogP contribution in [0.5, 0.6) is 0 Å². The van der Waals surface area contributed by atoms with Gasteiger partial charge in [0.25, 0.3) is 0 Å². The van der Waals surface area contributed by atoms with Gasteiger partial charge in [-0.15, -0.1) is 0 Å². The average Bonchev–Trinajstić information content (AvgIpc) is 2.78. The third kappa shape index (κ3) is 2.85. The van der Waals surface area contributed by atoms with E-state index in [9.17, 15) is 0 Å². The highest BCUT2D eigenvalue weighted by atomic mass is 35.5. The van der Waals surface area contributed by atoms with E-state index >= 15 is 0 Å². The van der Waals surface area contributed by atoms with Gasteiger partial charge in [-0.05, 0) is 38.1 Å². The van der Waals surface area contributed by atoms with E-state index in [1.807, 2.05) is 18.2 Å². The molecule has 94 valence electrons. The normalized spacial score (nSPS) is 20.7. The van der Waals surface area contributed by atoms with Crippen molar-refractivity contribution in [1.29, 1.82) is 0 Å². The fourth-order valence-corrected chi connectivity index (χ4v) is 2.64. The molecule has 0 aromatic heterocycles. The van der Waals surface area contributed by atoms with Crippen molar-refractivity contribution in [2.45, 2.75) is 25.8 Å². The van der Waals surface area contributed by atoms with Gasteiger partial charge in [-0.2, -0.15) is 0 Å². The molecule has 0 amide bonds. The number of halogens is 1. The molecule has 1 aromatic rings. The van der Waals surface area contributed by atoms with Crippen LogP contribution in [0.1, 0.15) is 19.8 Å². The van der Waals surface area contributed by atoms with Gasteiger partial charge in [0, 0.05) is 12.6 Å². The molecule has 0 bridgehead atoms. The number of hydrogen-bond acceptors (Lipinski definition) is 3. The van der Waals surface area contributed by atoms with Crippen LogP contribution in [0, 0.1) is 0 Å². The summed E-state index contributed by atoms with van der Waals surface area (Å²) in [4.78, 5) is 2.51. The Morgan fingerprint density at radius 1 is 1.53 bits per heavy atom. The Bertz CT molecular complexity index is 381. The fourth-order valence-electron chi connectivity index (χ4n) is 2.46. The molecule has 1 atom stereocenters. The fraction of sp³-hybridized carbons (Fsp3) is 0.538. The van der Waals surface area contributed by atoms with Crippen molar-refractivity contribution in [3.05, 3.63) is 23.2 Å². The zero-order chi connectivity index (χ0) is 12.3. The van der Waals surface area contributed by atoms with Crippen molar-refractivity contribution in [3.63, 3.8) is 0 Å². The summed E-state index contributed by atoms with van der Waals surface area (Å²) in [5.41, 5.74) is 7.52. The smallest absolute Gasteiger partial charge is 0.0739 e. The molecule has 0 spiro atoms. The van der Waals surface area contributed by atoms with Crippen LogP contribution in [0.15, 0.2) is 18.2 Å². The zero-order valence-electron chi connectivity index (χ0n) is 10.2. The highest BCUT2D eigenvalue weighted by Gasteiger charge is 2.22. The lowest BCUT2D eigenvalue weighted by Gasteiger charge is -2.23. The maximum absolute atomic E-state index is 5.99. The van der Waals surface area contributed by atoms with Crippen LogP contribution in [0.3, 0.4) is 0 Å². The van der Waals surface area contributed by atoms with Gasteiger partial charge in [0.15, 0.2) is 0 Å². The summed E-state index contributed by atoms with van der Waals surface area (Å²) in [7, 11) is 0. The molecule has 0 radical (unpaired) electrons. The van der Waals surface area contributed by atoms with Crippen LogP contribution in [0.2, 0.25) is 5.02 Å². The van der Waals surface area contributed by atoms with Crippen molar-refractivity contribution in [2.75, 3.05) is 30.7 Å². The number of anilines is 2. The molecule has 17 heavy (non-hydrogen) atoms. The van der Waals surface area contributed by atoms with Crippen LogP contribution >= 0.6 is 11.6 Å². The van der Waals surface area contributed by atoms with Gasteiger partial charge in [0.05, 0.1) is 16.4 Å². The molecule has 1 aromatic carbocycles. The topological polar surface area (TPSA) is 41.3 Å². The Kier molecular flexibility index (Phi) is 4.13. The highest BCUT2D eigenvalue weighted by molar-refractivity contribution is 6.33. The Balaban J connectivity index is 1.95. The minimum atomic E-state index is 0.619. The SMILES string of the molecule is CCN1CCCC1CNc1cccc(Cl)c1N. The Morgan fingerprint density at radius 2 is 2.35 bits per heavy atom. The van der Waals surface area contributed by atoms with Crippen LogP contribution in [0.4, 0.5) is 11.4 Å². The summed E-state index contributed by atoms with van der Waals surface area (Å²) in [6, 6.07) is 6.34. The van der Waals surface area contributed by atoms with Gasteiger partial charge >= 0.3 is 0 Å². The van der Waals surface area contributed by atoms with Gasteiger partial charge in [-0.25, -0.2) is 0 Å². The highest BCUT2D eigenvalue weighted by Crippen LogP contribution is 2.27. The van der Waals surface area contributed by atoms with Crippen LogP contribution < -0.4 is 11.1 Å². The molecule has 1 unspecified atom stereocenters. The first-order valence-electron chi connectivity index (χ1n) is 6.24. The molecule has 2 rings (SSSR count). The van der Waals surface area contributed by atoms with Crippen LogP contribution in [-0.4, -0.2) is 30.6 Å². The largest absolute Gasteiger partial charge is 0.396 e. The lowest BCUT2D eigenvalue weighted by molar-refractivity contribution is 0.277. The summed E-state index contributed by atoms with van der Waals surface area (Å²) < 4.78 is 0. The van der Waals surface area contributed by atoms with E-state index in [1.165, 1.54) is 19.4 Å². The maximum atomic E-state index is 5.99. The first kappa shape index (κ1) is 12.5. The van der Waals surface area contributed by atoms with Crippen LogP contribution in [-0.2, 0) is 0 Å². The molecule has 0 saturated carbocycles. The van der Waals surface area contributed by atoms with E-state index in [-0.39, 0.29) is 0 Å². The summed E-state index contributed by atoms with van der Waals surface area (Å²) >= 11 is 5.99. The number of likely N-dealkylation sites (tertiary alicyclic amines) is 1. The number of nitrogens with two attached hydrogens (primary N) is 1. The molecule has 1 aliphatic rings. The summed E-state index contributed by atoms with van der Waals surface area (Å²) in [6.45, 7) is 5.50. The molecule has 1 heterocycles. The summed E-state index contributed by atoms with van der Waals surface area (Å²) in [5, 5.41) is 4.03. The van der Waals surface area contributed by atoms with Crippen molar-refractivity contribution >= 4 is 23.0 Å². The van der Waals surface area contributed by atoms with Gasteiger partial charge < -0.3 is 11.1 Å². The third-order valence-corrected chi connectivity index (χ3v) is 3.82. The Morgan fingerprint density at radius 3 is 3.12 bits per heavy atom. The predicted octanol–water partition coefficient (Wildman–Crippen LogP) is 2.82. The molecular weight excluding hydrogens is 234 g/mol. The molecule has 1 aliphatic heterocycles. The standard InChI is InChI=1S/C13H20ClN3/c1-2-17-8-4-5-10(17)9-16-12-7-3-6-11(14)13(12)15/h3,6-7,10,16H,2,4-5,8-9,15H2,1H3. The molecule has 3 N–H and O–H groups in total. The third-order valence-electron chi connectivity index (χ3n) is 3.49.